The van der Waals surface area contributed by atoms with E-state index < -0.39 is 27.4 Å². The highest BCUT2D eigenvalue weighted by molar-refractivity contribution is 7.85. The maximum atomic E-state index is 12.0. The second kappa shape index (κ2) is 5.40. The first-order valence-corrected chi connectivity index (χ1v) is 8.41. The van der Waals surface area contributed by atoms with Crippen molar-refractivity contribution >= 4 is 28.0 Å². The Morgan fingerprint density at radius 3 is 2.36 bits per heavy atom. The first kappa shape index (κ1) is 17.1. The maximum absolute atomic E-state index is 12.0. The number of carboxylic acid groups (broad SMARTS) is 1. The summed E-state index contributed by atoms with van der Waals surface area (Å²) in [7, 11) is -4.30. The molecule has 1 aliphatic rings. The van der Waals surface area contributed by atoms with Crippen molar-refractivity contribution in [2.75, 3.05) is 6.61 Å². The summed E-state index contributed by atoms with van der Waals surface area (Å²) in [6, 6.07) is 6.87. The molecular formula is C14H18ClNO5S. The van der Waals surface area contributed by atoms with Crippen molar-refractivity contribution in [3.63, 3.8) is 0 Å². The van der Waals surface area contributed by atoms with Crippen molar-refractivity contribution < 1.29 is 22.5 Å². The molecule has 0 bridgehead atoms. The van der Waals surface area contributed by atoms with Crippen molar-refractivity contribution in [3.8, 4) is 0 Å². The van der Waals surface area contributed by atoms with Crippen molar-refractivity contribution in [2.24, 2.45) is 5.41 Å². The van der Waals surface area contributed by atoms with E-state index in [-0.39, 0.29) is 13.0 Å². The van der Waals surface area contributed by atoms with E-state index >= 15 is 0 Å². The van der Waals surface area contributed by atoms with Gasteiger partial charge in [0.25, 0.3) is 0 Å². The van der Waals surface area contributed by atoms with E-state index in [0.717, 1.165) is 5.56 Å². The van der Waals surface area contributed by atoms with Gasteiger partial charge in [-0.1, -0.05) is 44.5 Å². The molecule has 1 saturated heterocycles. The third-order valence-electron chi connectivity index (χ3n) is 4.04. The lowest BCUT2D eigenvalue weighted by atomic mass is 9.70. The highest BCUT2D eigenvalue weighted by Gasteiger charge is 2.60. The summed E-state index contributed by atoms with van der Waals surface area (Å²) < 4.78 is 29.3. The topological polar surface area (TPSA) is 83.9 Å². The molecule has 22 heavy (non-hydrogen) atoms. The predicted octanol–water partition coefficient (Wildman–Crippen LogP) is 2.92. The molecule has 122 valence electrons. The lowest BCUT2D eigenvalue weighted by Crippen LogP contribution is -2.59. The Hall–Kier alpha value is -1.31. The molecule has 0 unspecified atom stereocenters. The molecule has 2 rings (SSSR count). The van der Waals surface area contributed by atoms with Crippen LogP contribution in [0.1, 0.15) is 26.3 Å². The molecule has 6 nitrogen and oxygen atoms in total. The summed E-state index contributed by atoms with van der Waals surface area (Å²) in [6.07, 6.45) is -1.33. The lowest BCUT2D eigenvalue weighted by Gasteiger charge is -2.43. The Morgan fingerprint density at radius 1 is 1.36 bits per heavy atom. The number of nitrogens with zero attached hydrogens (tertiary/aromatic N) is 1. The van der Waals surface area contributed by atoms with Crippen molar-refractivity contribution in [2.45, 2.75) is 32.7 Å². The average Bonchev–Trinajstić information content (AvgIpc) is 2.64. The molecule has 1 fully saturated rings. The second-order valence-corrected chi connectivity index (χ2v) is 8.24. The molecule has 0 saturated carbocycles. The minimum Gasteiger partial charge on any atom is -0.464 e. The molecular weight excluding hydrogens is 330 g/mol. The van der Waals surface area contributed by atoms with E-state index in [1.165, 1.54) is 0 Å². The van der Waals surface area contributed by atoms with E-state index in [1.807, 2.05) is 0 Å². The third-order valence-corrected chi connectivity index (χ3v) is 5.66. The molecule has 0 aromatic heterocycles. The number of amides is 1. The monoisotopic (exact) mass is 347 g/mol. The van der Waals surface area contributed by atoms with E-state index in [1.54, 1.807) is 45.0 Å². The lowest BCUT2D eigenvalue weighted by molar-refractivity contribution is 0.0531. The van der Waals surface area contributed by atoms with Crippen LogP contribution >= 0.6 is 11.6 Å². The van der Waals surface area contributed by atoms with Crippen LogP contribution in [-0.2, 0) is 20.9 Å². The van der Waals surface area contributed by atoms with Crippen LogP contribution in [0.15, 0.2) is 24.3 Å². The fourth-order valence-corrected chi connectivity index (χ4v) is 4.21. The number of hydrogen-bond acceptors (Lipinski definition) is 4. The molecule has 0 aliphatic carbocycles. The van der Waals surface area contributed by atoms with Crippen molar-refractivity contribution in [1.29, 1.82) is 0 Å². The zero-order chi connectivity index (χ0) is 16.8. The first-order valence-electron chi connectivity index (χ1n) is 6.67. The van der Waals surface area contributed by atoms with Crippen LogP contribution in [-0.4, -0.2) is 36.1 Å². The first-order chi connectivity index (χ1) is 9.99. The Labute approximate surface area is 134 Å². The van der Waals surface area contributed by atoms with Gasteiger partial charge in [0.15, 0.2) is 0 Å². The number of carbonyl (C=O) groups is 1. The largest absolute Gasteiger partial charge is 0.464 e. The fraction of sp³-hybridized carbons (Fsp3) is 0.500. The minimum atomic E-state index is -4.30. The van der Waals surface area contributed by atoms with Gasteiger partial charge in [-0.25, -0.2) is 4.79 Å². The SMILES string of the molecule is CC(C)(C)[C@@]1(Cc2ccc(Cl)cc2)COS(=O)(=O)N1C(=O)O. The molecule has 0 radical (unpaired) electrons. The summed E-state index contributed by atoms with van der Waals surface area (Å²) in [5.74, 6) is 0. The van der Waals surface area contributed by atoms with Crippen LogP contribution in [0.4, 0.5) is 4.79 Å². The van der Waals surface area contributed by atoms with E-state index in [2.05, 4.69) is 0 Å². The van der Waals surface area contributed by atoms with Crippen LogP contribution in [0.2, 0.25) is 5.02 Å². The summed E-state index contributed by atoms with van der Waals surface area (Å²) in [5.41, 5.74) is -1.09. The van der Waals surface area contributed by atoms with Crippen LogP contribution in [0.5, 0.6) is 0 Å². The zero-order valence-electron chi connectivity index (χ0n) is 12.5. The van der Waals surface area contributed by atoms with Gasteiger partial charge in [0, 0.05) is 5.02 Å². The van der Waals surface area contributed by atoms with Gasteiger partial charge in [0.2, 0.25) is 0 Å². The summed E-state index contributed by atoms with van der Waals surface area (Å²) >= 11 is 5.85. The molecule has 8 heteroatoms. The number of benzene rings is 1. The highest BCUT2D eigenvalue weighted by Crippen LogP contribution is 2.45. The minimum absolute atomic E-state index is 0.208. The number of halogens is 1. The molecule has 1 aromatic carbocycles. The quantitative estimate of drug-likeness (QED) is 0.889. The summed E-state index contributed by atoms with van der Waals surface area (Å²) in [4.78, 5) is 11.6. The zero-order valence-corrected chi connectivity index (χ0v) is 14.1. The van der Waals surface area contributed by atoms with Gasteiger partial charge < -0.3 is 5.11 Å². The van der Waals surface area contributed by atoms with Crippen LogP contribution < -0.4 is 0 Å². The number of hydrogen-bond donors (Lipinski definition) is 1. The van der Waals surface area contributed by atoms with Crippen molar-refractivity contribution in [3.05, 3.63) is 34.9 Å². The van der Waals surface area contributed by atoms with E-state index in [4.69, 9.17) is 15.8 Å². The Bertz CT molecular complexity index is 680. The second-order valence-electron chi connectivity index (χ2n) is 6.35. The molecule has 1 heterocycles. The molecule has 0 spiro atoms. The van der Waals surface area contributed by atoms with Gasteiger partial charge in [-0.05, 0) is 29.5 Å². The van der Waals surface area contributed by atoms with Crippen molar-refractivity contribution in [1.82, 2.24) is 4.31 Å². The number of rotatable bonds is 2. The van der Waals surface area contributed by atoms with Gasteiger partial charge in [-0.15, -0.1) is 0 Å². The van der Waals surface area contributed by atoms with Gasteiger partial charge in [0.05, 0.1) is 12.1 Å². The van der Waals surface area contributed by atoms with E-state index in [0.29, 0.717) is 9.33 Å². The van der Waals surface area contributed by atoms with E-state index in [9.17, 15) is 18.3 Å². The standard InChI is InChI=1S/C14H18ClNO5S/c1-13(2,3)14(8-10-4-6-11(15)7-5-10)9-21-22(19,20)16(14)12(17)18/h4-7H,8-9H2,1-3H3,(H,17,18)/t14-/m1/s1. The van der Waals surface area contributed by atoms with Gasteiger partial charge in [0.1, 0.15) is 0 Å². The molecule has 1 N–H and O–H groups in total. The fourth-order valence-electron chi connectivity index (χ4n) is 2.63. The predicted molar refractivity (Wildman–Crippen MR) is 82.1 cm³/mol. The van der Waals surface area contributed by atoms with Crippen LogP contribution in [0, 0.1) is 5.41 Å². The van der Waals surface area contributed by atoms with Crippen LogP contribution in [0.3, 0.4) is 0 Å². The molecule has 1 amide bonds. The third kappa shape index (κ3) is 2.80. The summed E-state index contributed by atoms with van der Waals surface area (Å²) in [6.45, 7) is 5.17. The molecule has 1 aromatic rings. The van der Waals surface area contributed by atoms with Gasteiger partial charge >= 0.3 is 16.4 Å². The Kier molecular flexibility index (Phi) is 4.18. The Balaban J connectivity index is 2.54. The van der Waals surface area contributed by atoms with Gasteiger partial charge in [-0.2, -0.15) is 12.7 Å². The molecule has 1 aliphatic heterocycles. The maximum Gasteiger partial charge on any atom is 0.423 e. The Morgan fingerprint density at radius 2 is 1.91 bits per heavy atom. The smallest absolute Gasteiger partial charge is 0.423 e. The van der Waals surface area contributed by atoms with Gasteiger partial charge in [-0.3, -0.25) is 4.18 Å². The highest BCUT2D eigenvalue weighted by atomic mass is 35.5. The summed E-state index contributed by atoms with van der Waals surface area (Å²) in [5, 5.41) is 9.97. The normalized spacial score (nSPS) is 24.5. The van der Waals surface area contributed by atoms with Crippen LogP contribution in [0.25, 0.3) is 0 Å². The molecule has 1 atom stereocenters. The average molecular weight is 348 g/mol.